The van der Waals surface area contributed by atoms with Gasteiger partial charge in [-0.15, -0.1) is 0 Å². The molecule has 19 heavy (non-hydrogen) atoms. The molecule has 0 saturated carbocycles. The highest BCUT2D eigenvalue weighted by Crippen LogP contribution is 2.16. The van der Waals surface area contributed by atoms with E-state index in [0.717, 1.165) is 26.1 Å². The Labute approximate surface area is 114 Å². The normalized spacial score (nSPS) is 20.2. The lowest BCUT2D eigenvalue weighted by Gasteiger charge is -2.35. The van der Waals surface area contributed by atoms with Crippen LogP contribution in [0.2, 0.25) is 0 Å². The van der Waals surface area contributed by atoms with E-state index in [0.29, 0.717) is 19.1 Å². The summed E-state index contributed by atoms with van der Waals surface area (Å²) in [5.74, 6) is -0.148. The number of ether oxygens (including phenoxy) is 2. The second kappa shape index (κ2) is 7.26. The first kappa shape index (κ1) is 14.0. The van der Waals surface area contributed by atoms with E-state index in [1.165, 1.54) is 12.7 Å². The highest BCUT2D eigenvalue weighted by molar-refractivity contribution is 5.69. The number of nitrogens with zero attached hydrogens (tertiary/aromatic N) is 1. The third-order valence-electron chi connectivity index (χ3n) is 3.49. The van der Waals surface area contributed by atoms with Crippen molar-refractivity contribution in [3.05, 3.63) is 35.9 Å². The maximum absolute atomic E-state index is 11.2. The number of methoxy groups -OCH3 is 1. The molecule has 1 unspecified atom stereocenters. The van der Waals surface area contributed by atoms with Gasteiger partial charge in [0.15, 0.2) is 0 Å². The summed E-state index contributed by atoms with van der Waals surface area (Å²) in [6.45, 7) is 3.29. The van der Waals surface area contributed by atoms with Gasteiger partial charge >= 0.3 is 5.97 Å². The lowest BCUT2D eigenvalue weighted by Crippen LogP contribution is -2.45. The van der Waals surface area contributed by atoms with Gasteiger partial charge in [0.05, 0.1) is 20.3 Å². The van der Waals surface area contributed by atoms with Gasteiger partial charge in [0.25, 0.3) is 0 Å². The minimum Gasteiger partial charge on any atom is -0.469 e. The molecule has 2 rings (SSSR count). The zero-order valence-electron chi connectivity index (χ0n) is 11.4. The predicted octanol–water partition coefficient (Wildman–Crippen LogP) is 1.84. The maximum Gasteiger partial charge on any atom is 0.305 e. The van der Waals surface area contributed by atoms with Crippen LogP contribution in [0.25, 0.3) is 0 Å². The van der Waals surface area contributed by atoms with E-state index in [1.807, 2.05) is 6.07 Å². The van der Waals surface area contributed by atoms with Crippen molar-refractivity contribution >= 4 is 5.97 Å². The van der Waals surface area contributed by atoms with Gasteiger partial charge in [0.2, 0.25) is 0 Å². The fraction of sp³-hybridized carbons (Fsp3) is 0.533. The van der Waals surface area contributed by atoms with Crippen molar-refractivity contribution in [1.29, 1.82) is 0 Å². The summed E-state index contributed by atoms with van der Waals surface area (Å²) >= 11 is 0. The smallest absolute Gasteiger partial charge is 0.305 e. The standard InChI is InChI=1S/C15H21NO3/c1-18-15(17)8-7-14-12-19-10-9-16(14)11-13-5-3-2-4-6-13/h2-6,14H,7-12H2,1H3. The number of hydrogen-bond acceptors (Lipinski definition) is 4. The van der Waals surface area contributed by atoms with Crippen LogP contribution < -0.4 is 0 Å². The molecule has 1 atom stereocenters. The van der Waals surface area contributed by atoms with Crippen LogP contribution in [0.15, 0.2) is 30.3 Å². The van der Waals surface area contributed by atoms with Crippen LogP contribution in [-0.2, 0) is 20.8 Å². The van der Waals surface area contributed by atoms with E-state index in [1.54, 1.807) is 0 Å². The van der Waals surface area contributed by atoms with Gasteiger partial charge in [-0.1, -0.05) is 30.3 Å². The molecular formula is C15H21NO3. The van der Waals surface area contributed by atoms with Gasteiger partial charge in [-0.25, -0.2) is 0 Å². The Morgan fingerprint density at radius 2 is 2.21 bits per heavy atom. The van der Waals surface area contributed by atoms with Crippen LogP contribution in [0.4, 0.5) is 0 Å². The quantitative estimate of drug-likeness (QED) is 0.760. The van der Waals surface area contributed by atoms with Gasteiger partial charge < -0.3 is 9.47 Å². The lowest BCUT2D eigenvalue weighted by molar-refractivity contribution is -0.141. The van der Waals surface area contributed by atoms with E-state index in [-0.39, 0.29) is 5.97 Å². The summed E-state index contributed by atoms with van der Waals surface area (Å²) in [5.41, 5.74) is 1.30. The maximum atomic E-state index is 11.2. The molecule has 1 saturated heterocycles. The molecule has 0 spiro atoms. The summed E-state index contributed by atoms with van der Waals surface area (Å²) in [7, 11) is 1.43. The topological polar surface area (TPSA) is 38.8 Å². The number of rotatable bonds is 5. The Bertz CT molecular complexity index is 394. The Balaban J connectivity index is 1.90. The number of carbonyl (C=O) groups excluding carboxylic acids is 1. The lowest BCUT2D eigenvalue weighted by atomic mass is 10.1. The Kier molecular flexibility index (Phi) is 5.36. The Morgan fingerprint density at radius 1 is 1.42 bits per heavy atom. The fourth-order valence-corrected chi connectivity index (χ4v) is 2.37. The Hall–Kier alpha value is -1.39. The van der Waals surface area contributed by atoms with Gasteiger partial charge in [0, 0.05) is 25.6 Å². The van der Waals surface area contributed by atoms with Crippen LogP contribution in [0.1, 0.15) is 18.4 Å². The molecule has 0 amide bonds. The summed E-state index contributed by atoms with van der Waals surface area (Å²) in [5, 5.41) is 0. The first-order valence-electron chi connectivity index (χ1n) is 6.72. The number of morpholine rings is 1. The molecule has 0 bridgehead atoms. The first-order chi connectivity index (χ1) is 9.29. The van der Waals surface area contributed by atoms with E-state index < -0.39 is 0 Å². The van der Waals surface area contributed by atoms with E-state index in [4.69, 9.17) is 9.47 Å². The van der Waals surface area contributed by atoms with Crippen LogP contribution in [-0.4, -0.2) is 43.8 Å². The van der Waals surface area contributed by atoms with Crippen LogP contribution in [0.3, 0.4) is 0 Å². The van der Waals surface area contributed by atoms with Crippen LogP contribution in [0.5, 0.6) is 0 Å². The summed E-state index contributed by atoms with van der Waals surface area (Å²) in [6, 6.07) is 10.7. The van der Waals surface area contributed by atoms with Gasteiger partial charge in [0.1, 0.15) is 0 Å². The molecular weight excluding hydrogens is 242 g/mol. The second-order valence-corrected chi connectivity index (χ2v) is 4.80. The number of carbonyl (C=O) groups is 1. The van der Waals surface area contributed by atoms with Crippen LogP contribution >= 0.6 is 0 Å². The van der Waals surface area contributed by atoms with E-state index in [9.17, 15) is 4.79 Å². The molecule has 0 N–H and O–H groups in total. The van der Waals surface area contributed by atoms with Crippen molar-refractivity contribution in [2.24, 2.45) is 0 Å². The molecule has 4 nitrogen and oxygen atoms in total. The molecule has 0 aliphatic carbocycles. The molecule has 1 aliphatic rings. The van der Waals surface area contributed by atoms with Crippen molar-refractivity contribution in [1.82, 2.24) is 4.90 Å². The van der Waals surface area contributed by atoms with Crippen molar-refractivity contribution in [3.8, 4) is 0 Å². The molecule has 1 heterocycles. The molecule has 104 valence electrons. The summed E-state index contributed by atoms with van der Waals surface area (Å²) < 4.78 is 10.2. The van der Waals surface area contributed by atoms with Crippen molar-refractivity contribution < 1.29 is 14.3 Å². The van der Waals surface area contributed by atoms with E-state index >= 15 is 0 Å². The van der Waals surface area contributed by atoms with Gasteiger partial charge in [-0.2, -0.15) is 0 Å². The zero-order chi connectivity index (χ0) is 13.5. The summed E-state index contributed by atoms with van der Waals surface area (Å²) in [6.07, 6.45) is 1.25. The molecule has 0 aromatic heterocycles. The average Bonchev–Trinajstić information content (AvgIpc) is 2.47. The Morgan fingerprint density at radius 3 is 2.95 bits per heavy atom. The molecule has 1 aromatic carbocycles. The molecule has 0 radical (unpaired) electrons. The first-order valence-corrected chi connectivity index (χ1v) is 6.72. The largest absolute Gasteiger partial charge is 0.469 e. The van der Waals surface area contributed by atoms with Crippen molar-refractivity contribution in [2.75, 3.05) is 26.9 Å². The monoisotopic (exact) mass is 263 g/mol. The SMILES string of the molecule is COC(=O)CCC1COCCN1Cc1ccccc1. The van der Waals surface area contributed by atoms with Gasteiger partial charge in [-0.3, -0.25) is 9.69 Å². The van der Waals surface area contributed by atoms with Crippen molar-refractivity contribution in [3.63, 3.8) is 0 Å². The average molecular weight is 263 g/mol. The third kappa shape index (κ3) is 4.33. The number of hydrogen-bond donors (Lipinski definition) is 0. The van der Waals surface area contributed by atoms with Gasteiger partial charge in [-0.05, 0) is 12.0 Å². The van der Waals surface area contributed by atoms with Crippen molar-refractivity contribution in [2.45, 2.75) is 25.4 Å². The van der Waals surface area contributed by atoms with E-state index in [2.05, 4.69) is 29.2 Å². The fourth-order valence-electron chi connectivity index (χ4n) is 2.37. The van der Waals surface area contributed by atoms with Crippen LogP contribution in [0, 0.1) is 0 Å². The minimum atomic E-state index is -0.148. The number of benzene rings is 1. The third-order valence-corrected chi connectivity index (χ3v) is 3.49. The highest BCUT2D eigenvalue weighted by Gasteiger charge is 2.23. The summed E-state index contributed by atoms with van der Waals surface area (Å²) in [4.78, 5) is 13.6. The minimum absolute atomic E-state index is 0.148. The predicted molar refractivity (Wildman–Crippen MR) is 72.7 cm³/mol. The molecule has 4 heteroatoms. The molecule has 1 aliphatic heterocycles. The zero-order valence-corrected chi connectivity index (χ0v) is 11.4. The number of esters is 1. The molecule has 1 aromatic rings. The highest BCUT2D eigenvalue weighted by atomic mass is 16.5. The molecule has 1 fully saturated rings. The second-order valence-electron chi connectivity index (χ2n) is 4.80.